The van der Waals surface area contributed by atoms with Gasteiger partial charge in [0.2, 0.25) is 6.36 Å². The van der Waals surface area contributed by atoms with Gasteiger partial charge in [0.05, 0.1) is 0 Å². The van der Waals surface area contributed by atoms with Gasteiger partial charge in [-0.25, -0.2) is 4.39 Å². The van der Waals surface area contributed by atoms with Crippen molar-refractivity contribution in [1.29, 1.82) is 0 Å². The molecule has 1 aliphatic heterocycles. The molecule has 7 nitrogen and oxygen atoms in total. The molecule has 0 spiro atoms. The number of carbonyl (C=O) groups excluding carboxylic acids is 3. The van der Waals surface area contributed by atoms with Crippen LogP contribution in [0.3, 0.4) is 0 Å². The summed E-state index contributed by atoms with van der Waals surface area (Å²) in [7, 11) is 0. The van der Waals surface area contributed by atoms with E-state index in [1.165, 1.54) is 6.92 Å². The molecule has 1 fully saturated rings. The van der Waals surface area contributed by atoms with Gasteiger partial charge in [-0.2, -0.15) is 0 Å². The minimum Gasteiger partial charge on any atom is -0.463 e. The Morgan fingerprint density at radius 1 is 1.05 bits per heavy atom. The molecule has 1 aliphatic rings. The molecule has 0 saturated carbocycles. The molecule has 5 atom stereocenters. The van der Waals surface area contributed by atoms with Crippen LogP contribution >= 0.6 is 15.9 Å². The second-order valence-corrected chi connectivity index (χ2v) is 5.48. The van der Waals surface area contributed by atoms with Crippen LogP contribution in [0.4, 0.5) is 4.39 Å². The quantitative estimate of drug-likeness (QED) is 0.412. The Balaban J connectivity index is 2.94. The van der Waals surface area contributed by atoms with E-state index in [2.05, 4.69) is 15.9 Å². The topological polar surface area (TPSA) is 88.1 Å². The van der Waals surface area contributed by atoms with Gasteiger partial charge >= 0.3 is 17.9 Å². The minimum atomic E-state index is -1.82. The first-order chi connectivity index (χ1) is 9.72. The number of alkyl halides is 2. The maximum atomic E-state index is 13.8. The first-order valence-electron chi connectivity index (χ1n) is 6.13. The molecule has 1 unspecified atom stereocenters. The Hall–Kier alpha value is -1.22. The number of hydrogen-bond acceptors (Lipinski definition) is 7. The standard InChI is InChI=1S/C12H16BrFO7/c1-5(15)18-4-8-10(19-6(2)16)11(20-7(3)17)9(13)12(14)21-8/h8-12H,4H2,1-3H3/t8-,9-,10-,11-,12?/m1/s1. The van der Waals surface area contributed by atoms with Crippen molar-refractivity contribution >= 4 is 33.8 Å². The van der Waals surface area contributed by atoms with Crippen LogP contribution in [0.15, 0.2) is 0 Å². The van der Waals surface area contributed by atoms with Crippen molar-refractivity contribution in [2.75, 3.05) is 6.61 Å². The number of hydrogen-bond donors (Lipinski definition) is 0. The van der Waals surface area contributed by atoms with Crippen molar-refractivity contribution in [2.45, 2.75) is 50.3 Å². The van der Waals surface area contributed by atoms with Crippen LogP contribution in [0.25, 0.3) is 0 Å². The molecule has 0 N–H and O–H groups in total. The van der Waals surface area contributed by atoms with Crippen LogP contribution in [0.2, 0.25) is 0 Å². The Kier molecular flexibility index (Phi) is 6.53. The Bertz CT molecular complexity index is 416. The highest BCUT2D eigenvalue weighted by atomic mass is 79.9. The zero-order valence-electron chi connectivity index (χ0n) is 11.7. The molecule has 0 aromatic carbocycles. The summed E-state index contributed by atoms with van der Waals surface area (Å²) in [6.07, 6.45) is -5.09. The summed E-state index contributed by atoms with van der Waals surface area (Å²) in [4.78, 5) is 32.1. The molecule has 1 rings (SSSR count). The molecule has 9 heteroatoms. The summed E-state index contributed by atoms with van der Waals surface area (Å²) < 4.78 is 33.6. The normalized spacial score (nSPS) is 32.1. The second kappa shape index (κ2) is 7.69. The average Bonchev–Trinajstić information content (AvgIpc) is 2.35. The van der Waals surface area contributed by atoms with Crippen molar-refractivity contribution in [3.05, 3.63) is 0 Å². The van der Waals surface area contributed by atoms with Crippen LogP contribution in [0, 0.1) is 0 Å². The molecule has 0 radical (unpaired) electrons. The molecule has 21 heavy (non-hydrogen) atoms. The van der Waals surface area contributed by atoms with Gasteiger partial charge in [-0.15, -0.1) is 0 Å². The highest BCUT2D eigenvalue weighted by Crippen LogP contribution is 2.31. The van der Waals surface area contributed by atoms with Crippen molar-refractivity contribution in [3.63, 3.8) is 0 Å². The maximum absolute atomic E-state index is 13.8. The lowest BCUT2D eigenvalue weighted by molar-refractivity contribution is -0.230. The summed E-state index contributed by atoms with van der Waals surface area (Å²) in [5, 5.41) is 0. The predicted octanol–water partition coefficient (Wildman–Crippen LogP) is 0.871. The lowest BCUT2D eigenvalue weighted by atomic mass is 10.0. The zero-order chi connectivity index (χ0) is 16.2. The zero-order valence-corrected chi connectivity index (χ0v) is 13.3. The molecular formula is C12H16BrFO7. The molecule has 0 amide bonds. The van der Waals surface area contributed by atoms with Gasteiger partial charge in [0, 0.05) is 20.8 Å². The highest BCUT2D eigenvalue weighted by molar-refractivity contribution is 9.09. The van der Waals surface area contributed by atoms with E-state index >= 15 is 0 Å². The van der Waals surface area contributed by atoms with E-state index in [1.807, 2.05) is 0 Å². The van der Waals surface area contributed by atoms with E-state index < -0.39 is 47.4 Å². The number of ether oxygens (including phenoxy) is 4. The highest BCUT2D eigenvalue weighted by Gasteiger charge is 2.49. The molecule has 0 aromatic rings. The van der Waals surface area contributed by atoms with E-state index in [4.69, 9.17) is 18.9 Å². The molecule has 0 aliphatic carbocycles. The van der Waals surface area contributed by atoms with E-state index in [0.717, 1.165) is 13.8 Å². The first kappa shape index (κ1) is 17.8. The average molecular weight is 371 g/mol. The van der Waals surface area contributed by atoms with Crippen molar-refractivity contribution < 1.29 is 37.7 Å². The lowest BCUT2D eigenvalue weighted by Gasteiger charge is -2.40. The van der Waals surface area contributed by atoms with Crippen molar-refractivity contribution in [1.82, 2.24) is 0 Å². The summed E-state index contributed by atoms with van der Waals surface area (Å²) in [5.74, 6) is -1.92. The Morgan fingerprint density at radius 3 is 2.05 bits per heavy atom. The molecular weight excluding hydrogens is 355 g/mol. The van der Waals surface area contributed by atoms with Gasteiger partial charge < -0.3 is 18.9 Å². The summed E-state index contributed by atoms with van der Waals surface area (Å²) in [6, 6.07) is 0. The molecule has 1 heterocycles. The number of carbonyl (C=O) groups is 3. The summed E-state index contributed by atoms with van der Waals surface area (Å²) in [5.41, 5.74) is 0. The molecule has 1 saturated heterocycles. The second-order valence-electron chi connectivity index (χ2n) is 4.42. The fourth-order valence-corrected chi connectivity index (χ4v) is 2.39. The van der Waals surface area contributed by atoms with Crippen molar-refractivity contribution in [3.8, 4) is 0 Å². The van der Waals surface area contributed by atoms with E-state index in [-0.39, 0.29) is 6.61 Å². The minimum absolute atomic E-state index is 0.328. The van der Waals surface area contributed by atoms with Gasteiger partial charge in [-0.3, -0.25) is 14.4 Å². The summed E-state index contributed by atoms with van der Waals surface area (Å²) in [6.45, 7) is 3.14. The summed E-state index contributed by atoms with van der Waals surface area (Å²) >= 11 is 3.01. The van der Waals surface area contributed by atoms with Crippen molar-refractivity contribution in [2.24, 2.45) is 0 Å². The fourth-order valence-electron chi connectivity index (χ4n) is 1.85. The number of halogens is 2. The van der Waals surface area contributed by atoms with Gasteiger partial charge in [0.25, 0.3) is 0 Å². The number of rotatable bonds is 4. The fraction of sp³-hybridized carbons (Fsp3) is 0.750. The van der Waals surface area contributed by atoms with Crippen LogP contribution in [0.1, 0.15) is 20.8 Å². The first-order valence-corrected chi connectivity index (χ1v) is 7.05. The SMILES string of the molecule is CC(=O)OC[C@H]1OC(F)[C@H](Br)[C@@H](OC(C)=O)[C@@H]1OC(C)=O. The Morgan fingerprint density at radius 2 is 1.57 bits per heavy atom. The number of esters is 3. The molecule has 120 valence electrons. The van der Waals surface area contributed by atoms with Crippen LogP contribution < -0.4 is 0 Å². The lowest BCUT2D eigenvalue weighted by Crippen LogP contribution is -2.58. The Labute approximate surface area is 129 Å². The van der Waals surface area contributed by atoms with Gasteiger partial charge in [0.15, 0.2) is 12.2 Å². The third kappa shape index (κ3) is 5.24. The van der Waals surface area contributed by atoms with Crippen LogP contribution in [-0.4, -0.2) is 54.0 Å². The third-order valence-electron chi connectivity index (χ3n) is 2.61. The predicted molar refractivity (Wildman–Crippen MR) is 70.2 cm³/mol. The van der Waals surface area contributed by atoms with E-state index in [9.17, 15) is 18.8 Å². The monoisotopic (exact) mass is 370 g/mol. The van der Waals surface area contributed by atoms with Gasteiger partial charge in [0.1, 0.15) is 17.5 Å². The third-order valence-corrected chi connectivity index (χ3v) is 3.55. The molecule has 0 aromatic heterocycles. The maximum Gasteiger partial charge on any atom is 0.303 e. The molecule has 0 bridgehead atoms. The van der Waals surface area contributed by atoms with Gasteiger partial charge in [-0.05, 0) is 0 Å². The van der Waals surface area contributed by atoms with E-state index in [0.29, 0.717) is 0 Å². The largest absolute Gasteiger partial charge is 0.463 e. The van der Waals surface area contributed by atoms with Crippen LogP contribution in [-0.2, 0) is 33.3 Å². The van der Waals surface area contributed by atoms with E-state index in [1.54, 1.807) is 0 Å². The van der Waals surface area contributed by atoms with Crippen LogP contribution in [0.5, 0.6) is 0 Å². The smallest absolute Gasteiger partial charge is 0.303 e. The van der Waals surface area contributed by atoms with Gasteiger partial charge in [-0.1, -0.05) is 15.9 Å².